The Labute approximate surface area is 182 Å². The van der Waals surface area contributed by atoms with E-state index in [9.17, 15) is 25.2 Å². The summed E-state index contributed by atoms with van der Waals surface area (Å²) in [6.07, 6.45) is 0. The van der Waals surface area contributed by atoms with Gasteiger partial charge in [-0.05, 0) is 23.3 Å². The molecule has 0 aliphatic carbocycles. The second-order valence-electron chi connectivity index (χ2n) is 7.46. The van der Waals surface area contributed by atoms with Crippen LogP contribution in [0.15, 0.2) is 91.0 Å². The van der Waals surface area contributed by atoms with E-state index in [1.165, 1.54) is 22.5 Å². The fourth-order valence-corrected chi connectivity index (χ4v) is 3.52. The summed E-state index contributed by atoms with van der Waals surface area (Å²) in [6, 6.07) is 32.3. The van der Waals surface area contributed by atoms with Crippen LogP contribution in [0.25, 0.3) is 0 Å². The Balaban J connectivity index is 0.000000360. The van der Waals surface area contributed by atoms with E-state index in [4.69, 9.17) is 0 Å². The number of amidine groups is 1. The Bertz CT molecular complexity index is 1040. The van der Waals surface area contributed by atoms with Gasteiger partial charge in [-0.1, -0.05) is 78.9 Å². The fraction of sp³-hybridized carbons (Fsp3) is 0.174. The number of hydrogen-bond donors (Lipinski definition) is 0. The summed E-state index contributed by atoms with van der Waals surface area (Å²) >= 11 is 0. The van der Waals surface area contributed by atoms with Crippen LogP contribution < -0.4 is 0 Å². The molecule has 0 spiro atoms. The molecule has 0 amide bonds. The van der Waals surface area contributed by atoms with Crippen LogP contribution in [0.2, 0.25) is 0 Å². The SMILES string of the molecule is F[P-](F)(F)(F)(F)F.c1ccc(CN2CC[N+](Cc3ccccc3)=C2c2ccccc2)cc1. The number of rotatable bonds is 5. The minimum absolute atomic E-state index is 0.955. The Morgan fingerprint density at radius 2 is 1.09 bits per heavy atom. The summed E-state index contributed by atoms with van der Waals surface area (Å²) in [5, 5.41) is 0. The van der Waals surface area contributed by atoms with Gasteiger partial charge in [0.15, 0.2) is 0 Å². The third-order valence-corrected chi connectivity index (χ3v) is 4.70. The summed E-state index contributed by atoms with van der Waals surface area (Å²) in [5.41, 5.74) is 4.02. The second-order valence-corrected chi connectivity index (χ2v) is 9.38. The molecule has 172 valence electrons. The quantitative estimate of drug-likeness (QED) is 0.211. The Kier molecular flexibility index (Phi) is 6.38. The van der Waals surface area contributed by atoms with Crippen molar-refractivity contribution in [2.75, 3.05) is 13.1 Å². The minimum atomic E-state index is -10.7. The molecular weight excluding hydrogens is 449 g/mol. The molecule has 32 heavy (non-hydrogen) atoms. The van der Waals surface area contributed by atoms with Gasteiger partial charge in [0, 0.05) is 0 Å². The van der Waals surface area contributed by atoms with Gasteiger partial charge in [0.1, 0.15) is 26.2 Å². The number of hydrogen-bond acceptors (Lipinski definition) is 1. The van der Waals surface area contributed by atoms with E-state index in [1.54, 1.807) is 0 Å². The van der Waals surface area contributed by atoms with Crippen LogP contribution in [0.5, 0.6) is 0 Å². The molecule has 0 radical (unpaired) electrons. The van der Waals surface area contributed by atoms with E-state index in [0.29, 0.717) is 0 Å². The summed E-state index contributed by atoms with van der Waals surface area (Å²) < 4.78 is 61.7. The zero-order valence-electron chi connectivity index (χ0n) is 17.1. The standard InChI is InChI=1S/C23H23N2.F6P/c1-4-10-20(11-5-1)18-24-16-17-25(19-21-12-6-2-7-13-21)23(24)22-14-8-3-9-15-22;1-7(2,3,4,5)6/h1-15H,16-19H2;/q+1;-1. The van der Waals surface area contributed by atoms with Crippen LogP contribution in [0.4, 0.5) is 25.2 Å². The van der Waals surface area contributed by atoms with E-state index in [0.717, 1.165) is 26.2 Å². The minimum Gasteiger partial charge on any atom is -0.253 e. The first kappa shape index (κ1) is 23.8. The maximum Gasteiger partial charge on any atom is 0.280 e. The van der Waals surface area contributed by atoms with Crippen LogP contribution in [0.1, 0.15) is 16.7 Å². The van der Waals surface area contributed by atoms with Crippen molar-refractivity contribution in [2.24, 2.45) is 0 Å². The van der Waals surface area contributed by atoms with Crippen molar-refractivity contribution in [1.29, 1.82) is 0 Å². The van der Waals surface area contributed by atoms with Crippen LogP contribution >= 0.6 is 7.81 Å². The van der Waals surface area contributed by atoms with E-state index in [1.807, 2.05) is 0 Å². The average Bonchev–Trinajstić information content (AvgIpc) is 3.10. The van der Waals surface area contributed by atoms with Crippen molar-refractivity contribution >= 4 is 13.6 Å². The van der Waals surface area contributed by atoms with Crippen LogP contribution in [-0.4, -0.2) is 28.4 Å². The Hall–Kier alpha value is -2.86. The molecule has 9 heteroatoms. The van der Waals surface area contributed by atoms with Crippen molar-refractivity contribution in [3.05, 3.63) is 108 Å². The van der Waals surface area contributed by atoms with Gasteiger partial charge in [0.25, 0.3) is 5.84 Å². The van der Waals surface area contributed by atoms with Gasteiger partial charge in [0.05, 0.1) is 5.56 Å². The topological polar surface area (TPSA) is 6.25 Å². The summed E-state index contributed by atoms with van der Waals surface area (Å²) in [4.78, 5) is 2.51. The third kappa shape index (κ3) is 8.71. The molecule has 3 aromatic carbocycles. The molecule has 0 N–H and O–H groups in total. The molecule has 1 aliphatic rings. The van der Waals surface area contributed by atoms with E-state index in [2.05, 4.69) is 100 Å². The van der Waals surface area contributed by atoms with E-state index >= 15 is 0 Å². The van der Waals surface area contributed by atoms with Gasteiger partial charge < -0.3 is 0 Å². The summed E-state index contributed by atoms with van der Waals surface area (Å²) in [6.45, 7) is 4.03. The zero-order valence-corrected chi connectivity index (χ0v) is 18.0. The average molecular weight is 472 g/mol. The molecule has 2 nitrogen and oxygen atoms in total. The molecule has 0 saturated carbocycles. The first-order chi connectivity index (χ1) is 14.8. The van der Waals surface area contributed by atoms with Gasteiger partial charge in [-0.25, -0.2) is 0 Å². The van der Waals surface area contributed by atoms with Gasteiger partial charge in [-0.15, -0.1) is 0 Å². The van der Waals surface area contributed by atoms with Crippen molar-refractivity contribution < 1.29 is 29.8 Å². The number of benzene rings is 3. The molecule has 0 aromatic heterocycles. The maximum absolute atomic E-state index is 10.7. The Morgan fingerprint density at radius 3 is 1.59 bits per heavy atom. The predicted molar refractivity (Wildman–Crippen MR) is 116 cm³/mol. The molecular formula is C23H23F6N2P. The molecule has 3 aromatic rings. The van der Waals surface area contributed by atoms with Gasteiger partial charge in [-0.2, -0.15) is 0 Å². The molecule has 0 unspecified atom stereocenters. The third-order valence-electron chi connectivity index (χ3n) is 4.70. The van der Waals surface area contributed by atoms with Crippen LogP contribution in [0, 0.1) is 0 Å². The molecule has 0 fully saturated rings. The predicted octanol–water partition coefficient (Wildman–Crippen LogP) is 7.54. The van der Waals surface area contributed by atoms with Crippen molar-refractivity contribution in [1.82, 2.24) is 4.90 Å². The molecule has 1 aliphatic heterocycles. The zero-order chi connectivity index (χ0) is 23.3. The van der Waals surface area contributed by atoms with Gasteiger partial charge in [-0.3, -0.25) is 9.48 Å². The smallest absolute Gasteiger partial charge is 0.253 e. The molecule has 4 rings (SSSR count). The monoisotopic (exact) mass is 472 g/mol. The molecule has 1 heterocycles. The number of halogens is 6. The molecule has 0 bridgehead atoms. The molecule has 0 atom stereocenters. The first-order valence-corrected chi connectivity index (χ1v) is 11.9. The second kappa shape index (κ2) is 8.58. The van der Waals surface area contributed by atoms with E-state index < -0.39 is 7.81 Å². The number of nitrogens with zero attached hydrogens (tertiary/aromatic N) is 2. The van der Waals surface area contributed by atoms with Crippen molar-refractivity contribution in [2.45, 2.75) is 13.1 Å². The first-order valence-electron chi connectivity index (χ1n) is 9.92. The molecule has 0 saturated heterocycles. The summed E-state index contributed by atoms with van der Waals surface area (Å²) in [7, 11) is -10.7. The summed E-state index contributed by atoms with van der Waals surface area (Å²) in [5.74, 6) is 1.34. The normalized spacial score (nSPS) is 16.1. The fourth-order valence-electron chi connectivity index (χ4n) is 3.52. The van der Waals surface area contributed by atoms with Gasteiger partial charge >= 0.3 is 33.0 Å². The maximum atomic E-state index is 9.87. The van der Waals surface area contributed by atoms with Crippen LogP contribution in [-0.2, 0) is 13.1 Å². The van der Waals surface area contributed by atoms with E-state index in [-0.39, 0.29) is 0 Å². The largest absolute Gasteiger partial charge is 0.280 e. The van der Waals surface area contributed by atoms with Crippen molar-refractivity contribution in [3.8, 4) is 0 Å². The van der Waals surface area contributed by atoms with Gasteiger partial charge in [0.2, 0.25) is 0 Å². The van der Waals surface area contributed by atoms with Crippen molar-refractivity contribution in [3.63, 3.8) is 0 Å². The van der Waals surface area contributed by atoms with Crippen LogP contribution in [0.3, 0.4) is 0 Å². The Morgan fingerprint density at radius 1 is 0.656 bits per heavy atom.